The van der Waals surface area contributed by atoms with E-state index in [-0.39, 0.29) is 22.2 Å². The average molecular weight is 458 g/mol. The van der Waals surface area contributed by atoms with Gasteiger partial charge in [-0.2, -0.15) is 0 Å². The predicted octanol–water partition coefficient (Wildman–Crippen LogP) is 4.14. The molecule has 2 fully saturated rings. The van der Waals surface area contributed by atoms with Gasteiger partial charge in [0.15, 0.2) is 0 Å². The van der Waals surface area contributed by atoms with Crippen molar-refractivity contribution >= 4 is 29.0 Å². The maximum atomic E-state index is 15.6. The Balaban J connectivity index is 1.56. The number of nitrogens with two attached hydrogens (primary N) is 1. The number of benzene rings is 1. The number of anilines is 2. The molecule has 3 heterocycles. The maximum absolute atomic E-state index is 15.6. The smallest absolute Gasteiger partial charge is 0.258 e. The second kappa shape index (κ2) is 7.89. The van der Waals surface area contributed by atoms with Gasteiger partial charge in [0.25, 0.3) is 5.91 Å². The molecule has 1 aliphatic carbocycles. The van der Waals surface area contributed by atoms with Crippen molar-refractivity contribution in [3.8, 4) is 11.1 Å². The molecular weight excluding hydrogens is 429 g/mol. The Morgan fingerprint density at radius 2 is 2.06 bits per heavy atom. The molecule has 2 aliphatic heterocycles. The van der Waals surface area contributed by atoms with Crippen molar-refractivity contribution < 1.29 is 9.18 Å². The number of hydrogen-bond acceptors (Lipinski definition) is 5. The fourth-order valence-corrected chi connectivity index (χ4v) is 6.22. The molecule has 170 valence electrons. The number of rotatable bonds is 3. The highest BCUT2D eigenvalue weighted by atomic mass is 35.5. The third-order valence-corrected chi connectivity index (χ3v) is 7.86. The molecule has 1 aromatic heterocycles. The number of fused-ring (bicyclic) bond motifs is 2. The Morgan fingerprint density at radius 1 is 1.31 bits per heavy atom. The molecule has 8 heteroatoms. The molecule has 1 amide bonds. The molecule has 3 aliphatic rings. The number of carbonyl (C=O) groups is 1. The number of likely N-dealkylation sites (tertiary alicyclic amines) is 1. The number of nitrogens with one attached hydrogen (secondary N) is 1. The molecule has 1 spiro atoms. The van der Waals surface area contributed by atoms with Gasteiger partial charge in [0.2, 0.25) is 0 Å². The summed E-state index contributed by atoms with van der Waals surface area (Å²) in [5.74, 6) is -0.343. The Kier molecular flexibility index (Phi) is 5.29. The van der Waals surface area contributed by atoms with E-state index >= 15 is 4.39 Å². The lowest BCUT2D eigenvalue weighted by molar-refractivity contribution is 0.0824. The van der Waals surface area contributed by atoms with Gasteiger partial charge >= 0.3 is 0 Å². The number of halogens is 2. The highest BCUT2D eigenvalue weighted by Gasteiger charge is 2.49. The molecule has 1 saturated heterocycles. The third-order valence-electron chi connectivity index (χ3n) is 7.46. The topological polar surface area (TPSA) is 74.5 Å². The fraction of sp³-hybridized carbons (Fsp3) is 0.500. The number of pyridine rings is 1. The lowest BCUT2D eigenvalue weighted by Crippen LogP contribution is -2.34. The van der Waals surface area contributed by atoms with Gasteiger partial charge in [-0.1, -0.05) is 11.6 Å². The van der Waals surface area contributed by atoms with Gasteiger partial charge in [-0.3, -0.25) is 4.79 Å². The van der Waals surface area contributed by atoms with E-state index in [0.29, 0.717) is 16.6 Å². The molecule has 0 bridgehead atoms. The Hall–Kier alpha value is -2.38. The molecule has 2 unspecified atom stereocenters. The van der Waals surface area contributed by atoms with Crippen molar-refractivity contribution in [3.63, 3.8) is 0 Å². The van der Waals surface area contributed by atoms with Crippen LogP contribution in [0.1, 0.15) is 48.0 Å². The van der Waals surface area contributed by atoms with Gasteiger partial charge in [-0.25, -0.2) is 9.37 Å². The fourth-order valence-electron chi connectivity index (χ4n) is 5.78. The van der Waals surface area contributed by atoms with Crippen LogP contribution in [0.2, 0.25) is 5.02 Å². The number of aromatic nitrogens is 1. The van der Waals surface area contributed by atoms with E-state index in [9.17, 15) is 4.79 Å². The monoisotopic (exact) mass is 457 g/mol. The average Bonchev–Trinajstić information content (AvgIpc) is 3.50. The minimum Gasteiger partial charge on any atom is -0.398 e. The zero-order chi connectivity index (χ0) is 22.6. The van der Waals surface area contributed by atoms with Gasteiger partial charge in [-0.15, -0.1) is 0 Å². The third kappa shape index (κ3) is 3.25. The van der Waals surface area contributed by atoms with Gasteiger partial charge in [0.1, 0.15) is 11.6 Å². The van der Waals surface area contributed by atoms with E-state index in [1.54, 1.807) is 32.4 Å². The second-order valence-corrected chi connectivity index (χ2v) is 9.95. The molecule has 2 atom stereocenters. The van der Waals surface area contributed by atoms with Gasteiger partial charge in [0, 0.05) is 60.7 Å². The van der Waals surface area contributed by atoms with Crippen LogP contribution < -0.4 is 11.1 Å². The van der Waals surface area contributed by atoms with Crippen molar-refractivity contribution in [1.29, 1.82) is 0 Å². The SMILES string of the molecule is CN(C)C(=O)c1c(N)ccc(-c2cnc3c(c2Cl)C2(CCC(N4CCCC4)C2)CN3)c1F. The number of carbonyl (C=O) groups excluding carboxylic acids is 1. The summed E-state index contributed by atoms with van der Waals surface area (Å²) in [5.41, 5.74) is 7.59. The van der Waals surface area contributed by atoms with Gasteiger partial charge < -0.3 is 20.9 Å². The number of nitrogens with zero attached hydrogens (tertiary/aromatic N) is 3. The van der Waals surface area contributed by atoms with Crippen LogP contribution in [0.25, 0.3) is 11.1 Å². The summed E-state index contributed by atoms with van der Waals surface area (Å²) in [5, 5.41) is 3.97. The molecule has 2 aromatic rings. The van der Waals surface area contributed by atoms with Crippen LogP contribution >= 0.6 is 11.6 Å². The van der Waals surface area contributed by atoms with Crippen LogP contribution in [0.15, 0.2) is 18.3 Å². The van der Waals surface area contributed by atoms with Crippen molar-refractivity contribution in [3.05, 3.63) is 40.3 Å². The van der Waals surface area contributed by atoms with E-state index in [0.717, 1.165) is 37.2 Å². The van der Waals surface area contributed by atoms with E-state index in [4.69, 9.17) is 17.3 Å². The summed E-state index contributed by atoms with van der Waals surface area (Å²) >= 11 is 6.99. The highest BCUT2D eigenvalue weighted by Crippen LogP contribution is 2.53. The Labute approximate surface area is 192 Å². The van der Waals surface area contributed by atoms with Crippen molar-refractivity contribution in [2.24, 2.45) is 0 Å². The zero-order valence-corrected chi connectivity index (χ0v) is 19.3. The first-order chi connectivity index (χ1) is 15.3. The van der Waals surface area contributed by atoms with Crippen molar-refractivity contribution in [2.75, 3.05) is 44.8 Å². The largest absolute Gasteiger partial charge is 0.398 e. The van der Waals surface area contributed by atoms with E-state index in [1.165, 1.54) is 30.8 Å². The first-order valence-corrected chi connectivity index (χ1v) is 11.7. The van der Waals surface area contributed by atoms with E-state index < -0.39 is 11.7 Å². The maximum Gasteiger partial charge on any atom is 0.258 e. The van der Waals surface area contributed by atoms with Crippen LogP contribution in [0, 0.1) is 5.82 Å². The molecule has 1 aromatic carbocycles. The molecule has 1 saturated carbocycles. The summed E-state index contributed by atoms with van der Waals surface area (Å²) in [6.07, 6.45) is 7.35. The van der Waals surface area contributed by atoms with Gasteiger partial charge in [-0.05, 0) is 57.3 Å². The summed E-state index contributed by atoms with van der Waals surface area (Å²) < 4.78 is 15.6. The highest BCUT2D eigenvalue weighted by molar-refractivity contribution is 6.34. The number of nitrogen functional groups attached to an aromatic ring is 1. The minimum absolute atomic E-state index is 0.0880. The molecule has 32 heavy (non-hydrogen) atoms. The zero-order valence-electron chi connectivity index (χ0n) is 18.5. The molecule has 3 N–H and O–H groups in total. The Bertz CT molecular complexity index is 1080. The van der Waals surface area contributed by atoms with Crippen LogP contribution in [0.4, 0.5) is 15.9 Å². The van der Waals surface area contributed by atoms with Crippen molar-refractivity contribution in [1.82, 2.24) is 14.8 Å². The summed E-state index contributed by atoms with van der Waals surface area (Å²) in [7, 11) is 3.15. The van der Waals surface area contributed by atoms with Crippen LogP contribution in [-0.4, -0.2) is 60.5 Å². The molecular formula is C24H29ClFN5O. The number of amides is 1. The van der Waals surface area contributed by atoms with E-state index in [2.05, 4.69) is 15.2 Å². The first-order valence-electron chi connectivity index (χ1n) is 11.3. The molecule has 6 nitrogen and oxygen atoms in total. The summed E-state index contributed by atoms with van der Waals surface area (Å²) in [6.45, 7) is 3.15. The predicted molar refractivity (Wildman–Crippen MR) is 126 cm³/mol. The normalized spacial score (nSPS) is 24.7. The lowest BCUT2D eigenvalue weighted by atomic mass is 9.80. The number of hydrogen-bond donors (Lipinski definition) is 2. The standard InChI is InChI=1S/C24H29ClFN5O/c1-30(2)23(32)18-17(27)6-5-15(21(18)26)16-12-28-22-19(20(16)25)24(13-29-22)8-7-14(11-24)31-9-3-4-10-31/h5-6,12,14H,3-4,7-11,13,27H2,1-2H3,(H,28,29). The van der Waals surface area contributed by atoms with E-state index in [1.807, 2.05) is 0 Å². The van der Waals surface area contributed by atoms with Gasteiger partial charge in [0.05, 0.1) is 10.6 Å². The molecule has 0 radical (unpaired) electrons. The van der Waals surface area contributed by atoms with Crippen molar-refractivity contribution in [2.45, 2.75) is 43.6 Å². The van der Waals surface area contributed by atoms with Crippen LogP contribution in [0.5, 0.6) is 0 Å². The first kappa shape index (κ1) is 21.5. The summed E-state index contributed by atoms with van der Waals surface area (Å²) in [6, 6.07) is 3.71. The van der Waals surface area contributed by atoms with Crippen LogP contribution in [0.3, 0.4) is 0 Å². The summed E-state index contributed by atoms with van der Waals surface area (Å²) in [4.78, 5) is 21.1. The minimum atomic E-state index is -0.659. The quantitative estimate of drug-likeness (QED) is 0.677. The second-order valence-electron chi connectivity index (χ2n) is 9.57. The Morgan fingerprint density at radius 3 is 2.78 bits per heavy atom. The van der Waals surface area contributed by atoms with Crippen LogP contribution in [-0.2, 0) is 5.41 Å². The molecule has 5 rings (SSSR count). The lowest BCUT2D eigenvalue weighted by Gasteiger charge is -2.28.